The second-order valence-corrected chi connectivity index (χ2v) is 5.72. The van der Waals surface area contributed by atoms with Crippen molar-refractivity contribution in [2.24, 2.45) is 5.84 Å². The average Bonchev–Trinajstić information content (AvgIpc) is 3.10. The summed E-state index contributed by atoms with van der Waals surface area (Å²) in [6.07, 6.45) is 2.63. The number of hydrogen-bond acceptors (Lipinski definition) is 4. The molecule has 0 aliphatic heterocycles. The molecular formula is C12H19N3OS. The van der Waals surface area contributed by atoms with E-state index in [4.69, 9.17) is 5.84 Å². The van der Waals surface area contributed by atoms with E-state index in [1.165, 1.54) is 34.6 Å². The molecule has 2 rings (SSSR count). The van der Waals surface area contributed by atoms with E-state index in [-0.39, 0.29) is 5.91 Å². The summed E-state index contributed by atoms with van der Waals surface area (Å²) in [5, 5.41) is 0. The van der Waals surface area contributed by atoms with Crippen molar-refractivity contribution in [2.45, 2.75) is 39.3 Å². The average molecular weight is 253 g/mol. The molecule has 0 atom stereocenters. The standard InChI is InChI=1S/C12H19N3OS/c1-3-15(10-4-5-10)7-9-6-11(12(16)14-13)17-8(9)2/h6,10H,3-5,7,13H2,1-2H3,(H,14,16). The van der Waals surface area contributed by atoms with E-state index >= 15 is 0 Å². The van der Waals surface area contributed by atoms with Gasteiger partial charge in [-0.1, -0.05) is 6.92 Å². The number of nitrogens with two attached hydrogens (primary N) is 1. The normalized spacial score (nSPS) is 15.3. The van der Waals surface area contributed by atoms with E-state index < -0.39 is 0 Å². The Bertz CT molecular complexity index is 412. The van der Waals surface area contributed by atoms with Crippen molar-refractivity contribution in [2.75, 3.05) is 6.54 Å². The number of nitrogen functional groups attached to an aromatic ring is 1. The number of nitrogens with zero attached hydrogens (tertiary/aromatic N) is 1. The lowest BCUT2D eigenvalue weighted by Crippen LogP contribution is -2.29. The quantitative estimate of drug-likeness (QED) is 0.476. The molecule has 5 heteroatoms. The van der Waals surface area contributed by atoms with Gasteiger partial charge in [0.1, 0.15) is 0 Å². The van der Waals surface area contributed by atoms with Crippen molar-refractivity contribution < 1.29 is 4.79 Å². The Labute approximate surface area is 106 Å². The van der Waals surface area contributed by atoms with E-state index in [0.29, 0.717) is 4.88 Å². The number of rotatable bonds is 5. The summed E-state index contributed by atoms with van der Waals surface area (Å²) in [6.45, 7) is 6.27. The second kappa shape index (κ2) is 5.16. The van der Waals surface area contributed by atoms with Crippen LogP contribution in [0.4, 0.5) is 0 Å². The van der Waals surface area contributed by atoms with Crippen LogP contribution < -0.4 is 11.3 Å². The van der Waals surface area contributed by atoms with E-state index in [9.17, 15) is 4.79 Å². The van der Waals surface area contributed by atoms with Gasteiger partial charge in [0.05, 0.1) is 4.88 Å². The van der Waals surface area contributed by atoms with Crippen LogP contribution in [0.1, 0.15) is 39.9 Å². The lowest BCUT2D eigenvalue weighted by Gasteiger charge is -2.19. The largest absolute Gasteiger partial charge is 0.296 e. The summed E-state index contributed by atoms with van der Waals surface area (Å²) in [5.41, 5.74) is 3.43. The first-order valence-electron chi connectivity index (χ1n) is 6.00. The Balaban J connectivity index is 2.09. The first kappa shape index (κ1) is 12.5. The van der Waals surface area contributed by atoms with Crippen molar-refractivity contribution in [1.29, 1.82) is 0 Å². The summed E-state index contributed by atoms with van der Waals surface area (Å²) >= 11 is 1.51. The van der Waals surface area contributed by atoms with E-state index in [1.54, 1.807) is 0 Å². The number of hydrazine groups is 1. The molecule has 4 nitrogen and oxygen atoms in total. The van der Waals surface area contributed by atoms with Gasteiger partial charge in [0.15, 0.2) is 0 Å². The van der Waals surface area contributed by atoms with Crippen molar-refractivity contribution in [3.8, 4) is 0 Å². The molecule has 0 saturated heterocycles. The molecule has 1 aliphatic carbocycles. The molecule has 0 spiro atoms. The summed E-state index contributed by atoms with van der Waals surface area (Å²) in [4.78, 5) is 15.8. The van der Waals surface area contributed by atoms with Crippen LogP contribution in [0.25, 0.3) is 0 Å². The number of carbonyl (C=O) groups is 1. The zero-order valence-electron chi connectivity index (χ0n) is 10.3. The molecule has 1 aromatic rings. The monoisotopic (exact) mass is 253 g/mol. The highest BCUT2D eigenvalue weighted by Gasteiger charge is 2.28. The molecule has 0 radical (unpaired) electrons. The first-order chi connectivity index (χ1) is 8.15. The maximum atomic E-state index is 11.4. The maximum absolute atomic E-state index is 11.4. The molecule has 1 aliphatic rings. The van der Waals surface area contributed by atoms with Crippen LogP contribution in [0.2, 0.25) is 0 Å². The van der Waals surface area contributed by atoms with Gasteiger partial charge in [-0.25, -0.2) is 5.84 Å². The minimum atomic E-state index is -0.196. The summed E-state index contributed by atoms with van der Waals surface area (Å²) in [5.74, 6) is 4.95. The Kier molecular flexibility index (Phi) is 3.81. The van der Waals surface area contributed by atoms with Gasteiger partial charge in [0.2, 0.25) is 0 Å². The number of aryl methyl sites for hydroxylation is 1. The van der Waals surface area contributed by atoms with Crippen molar-refractivity contribution in [1.82, 2.24) is 10.3 Å². The van der Waals surface area contributed by atoms with Gasteiger partial charge >= 0.3 is 0 Å². The number of hydrogen-bond donors (Lipinski definition) is 2. The van der Waals surface area contributed by atoms with Crippen LogP contribution in [0.5, 0.6) is 0 Å². The molecule has 1 heterocycles. The minimum Gasteiger partial charge on any atom is -0.296 e. The van der Waals surface area contributed by atoms with Crippen LogP contribution in [0, 0.1) is 6.92 Å². The van der Waals surface area contributed by atoms with Gasteiger partial charge in [-0.3, -0.25) is 15.1 Å². The smallest absolute Gasteiger partial charge is 0.275 e. The molecule has 1 amide bonds. The van der Waals surface area contributed by atoms with Gasteiger partial charge in [0, 0.05) is 17.5 Å². The fourth-order valence-electron chi connectivity index (χ4n) is 2.02. The van der Waals surface area contributed by atoms with Crippen LogP contribution in [-0.2, 0) is 6.54 Å². The highest BCUT2D eigenvalue weighted by Crippen LogP contribution is 2.30. The number of amides is 1. The van der Waals surface area contributed by atoms with Gasteiger partial charge in [0.25, 0.3) is 5.91 Å². The fourth-order valence-corrected chi connectivity index (χ4v) is 2.95. The molecule has 0 bridgehead atoms. The molecule has 94 valence electrons. The Morgan fingerprint density at radius 3 is 2.88 bits per heavy atom. The van der Waals surface area contributed by atoms with Crippen LogP contribution in [-0.4, -0.2) is 23.4 Å². The van der Waals surface area contributed by atoms with Crippen LogP contribution in [0.15, 0.2) is 6.07 Å². The molecule has 3 N–H and O–H groups in total. The van der Waals surface area contributed by atoms with Gasteiger partial charge < -0.3 is 0 Å². The SMILES string of the molecule is CCN(Cc1cc(C(=O)NN)sc1C)C1CC1. The maximum Gasteiger partial charge on any atom is 0.275 e. The minimum absolute atomic E-state index is 0.196. The molecule has 0 aromatic carbocycles. The van der Waals surface area contributed by atoms with E-state index in [0.717, 1.165) is 19.1 Å². The second-order valence-electron chi connectivity index (χ2n) is 4.46. The highest BCUT2D eigenvalue weighted by atomic mass is 32.1. The van der Waals surface area contributed by atoms with Gasteiger partial charge in [-0.2, -0.15) is 0 Å². The van der Waals surface area contributed by atoms with E-state index in [1.807, 2.05) is 6.07 Å². The summed E-state index contributed by atoms with van der Waals surface area (Å²) < 4.78 is 0. The van der Waals surface area contributed by atoms with E-state index in [2.05, 4.69) is 24.2 Å². The summed E-state index contributed by atoms with van der Waals surface area (Å²) in [6, 6.07) is 2.72. The zero-order valence-corrected chi connectivity index (χ0v) is 11.1. The number of thiophene rings is 1. The third-order valence-electron chi connectivity index (χ3n) is 3.22. The number of nitrogens with one attached hydrogen (secondary N) is 1. The fraction of sp³-hybridized carbons (Fsp3) is 0.583. The topological polar surface area (TPSA) is 58.4 Å². The van der Waals surface area contributed by atoms with Gasteiger partial charge in [-0.15, -0.1) is 11.3 Å². The lowest BCUT2D eigenvalue weighted by molar-refractivity contribution is 0.0957. The molecule has 1 fully saturated rings. The molecule has 0 unspecified atom stereocenters. The van der Waals surface area contributed by atoms with Crippen LogP contribution >= 0.6 is 11.3 Å². The third-order valence-corrected chi connectivity index (χ3v) is 4.31. The third kappa shape index (κ3) is 2.86. The number of carbonyl (C=O) groups excluding carboxylic acids is 1. The van der Waals surface area contributed by atoms with Crippen molar-refractivity contribution >= 4 is 17.2 Å². The highest BCUT2D eigenvalue weighted by molar-refractivity contribution is 7.14. The Hall–Kier alpha value is -0.910. The molecule has 17 heavy (non-hydrogen) atoms. The predicted octanol–water partition coefficient (Wildman–Crippen LogP) is 1.64. The Morgan fingerprint density at radius 1 is 1.65 bits per heavy atom. The van der Waals surface area contributed by atoms with Crippen molar-refractivity contribution in [3.05, 3.63) is 21.4 Å². The zero-order chi connectivity index (χ0) is 12.4. The lowest BCUT2D eigenvalue weighted by atomic mass is 10.2. The van der Waals surface area contributed by atoms with Crippen LogP contribution in [0.3, 0.4) is 0 Å². The van der Waals surface area contributed by atoms with Gasteiger partial charge in [-0.05, 0) is 37.9 Å². The van der Waals surface area contributed by atoms with Crippen molar-refractivity contribution in [3.63, 3.8) is 0 Å². The summed E-state index contributed by atoms with van der Waals surface area (Å²) in [7, 11) is 0. The predicted molar refractivity (Wildman–Crippen MR) is 69.8 cm³/mol. The molecule has 1 saturated carbocycles. The molecular weight excluding hydrogens is 234 g/mol. The first-order valence-corrected chi connectivity index (χ1v) is 6.81. The molecule has 1 aromatic heterocycles. The Morgan fingerprint density at radius 2 is 2.35 bits per heavy atom.